The van der Waals surface area contributed by atoms with Crippen LogP contribution in [0.15, 0.2) is 29.4 Å². The smallest absolute Gasteiger partial charge is 0.263 e. The summed E-state index contributed by atoms with van der Waals surface area (Å²) in [6.07, 6.45) is -2.53. The molecule has 7 heteroatoms. The molecule has 1 aromatic carbocycles. The molecule has 0 atom stereocenters. The Morgan fingerprint density at radius 1 is 1.41 bits per heavy atom. The maximum absolute atomic E-state index is 12.2. The first-order valence-electron chi connectivity index (χ1n) is 4.51. The quantitative estimate of drug-likeness (QED) is 0.423. The van der Waals surface area contributed by atoms with E-state index in [2.05, 4.69) is 10.5 Å². The van der Waals surface area contributed by atoms with Gasteiger partial charge in [-0.1, -0.05) is 12.1 Å². The van der Waals surface area contributed by atoms with Crippen LogP contribution in [0.3, 0.4) is 0 Å². The lowest BCUT2D eigenvalue weighted by Crippen LogP contribution is -2.21. The number of nitriles is 1. The van der Waals surface area contributed by atoms with Gasteiger partial charge >= 0.3 is 0 Å². The van der Waals surface area contributed by atoms with Gasteiger partial charge in [0, 0.05) is 5.56 Å². The van der Waals surface area contributed by atoms with Gasteiger partial charge in [-0.15, -0.1) is 0 Å². The second-order valence-electron chi connectivity index (χ2n) is 3.02. The normalized spacial score (nSPS) is 11.1. The number of benzene rings is 1. The Morgan fingerprint density at radius 3 is 2.41 bits per heavy atom. The van der Waals surface area contributed by atoms with Gasteiger partial charge in [0.25, 0.3) is 6.43 Å². The molecule has 0 aliphatic carbocycles. The van der Waals surface area contributed by atoms with Gasteiger partial charge in [-0.2, -0.15) is 10.4 Å². The topological polar surface area (TPSA) is 98.0 Å². The van der Waals surface area contributed by atoms with Crippen LogP contribution in [0.2, 0.25) is 0 Å². The van der Waals surface area contributed by atoms with E-state index in [1.165, 1.54) is 24.3 Å². The molecular formula is C10H9F2N5. The molecule has 0 fully saturated rings. The van der Waals surface area contributed by atoms with Gasteiger partial charge in [0.15, 0.2) is 5.84 Å². The van der Waals surface area contributed by atoms with Crippen LogP contribution in [0, 0.1) is 16.7 Å². The summed E-state index contributed by atoms with van der Waals surface area (Å²) in [4.78, 5) is 0. The van der Waals surface area contributed by atoms with Crippen molar-refractivity contribution in [3.63, 3.8) is 0 Å². The van der Waals surface area contributed by atoms with Gasteiger partial charge < -0.3 is 5.73 Å². The maximum atomic E-state index is 12.2. The fraction of sp³-hybridized carbons (Fsp3) is 0.100. The minimum Gasteiger partial charge on any atom is -0.382 e. The van der Waals surface area contributed by atoms with Gasteiger partial charge in [0.05, 0.1) is 5.69 Å². The van der Waals surface area contributed by atoms with Crippen LogP contribution in [0.1, 0.15) is 12.0 Å². The van der Waals surface area contributed by atoms with E-state index in [1.54, 1.807) is 6.07 Å². The molecule has 0 aliphatic heterocycles. The summed E-state index contributed by atoms with van der Waals surface area (Å²) in [7, 11) is 0. The van der Waals surface area contributed by atoms with E-state index in [9.17, 15) is 8.78 Å². The van der Waals surface area contributed by atoms with E-state index >= 15 is 0 Å². The fourth-order valence-electron chi connectivity index (χ4n) is 0.969. The number of nitrogens with zero attached hydrogens (tertiary/aromatic N) is 2. The zero-order valence-corrected chi connectivity index (χ0v) is 8.61. The molecular weight excluding hydrogens is 228 g/mol. The largest absolute Gasteiger partial charge is 0.382 e. The first-order chi connectivity index (χ1) is 8.04. The second-order valence-corrected chi connectivity index (χ2v) is 3.02. The third-order valence-electron chi connectivity index (χ3n) is 1.82. The number of nitrogens with one attached hydrogen (secondary N) is 2. The monoisotopic (exact) mass is 237 g/mol. The number of amidine groups is 1. The Balaban J connectivity index is 2.77. The summed E-state index contributed by atoms with van der Waals surface area (Å²) < 4.78 is 24.5. The van der Waals surface area contributed by atoms with Crippen LogP contribution in [-0.4, -0.2) is 11.5 Å². The minimum absolute atomic E-state index is 0.105. The van der Waals surface area contributed by atoms with E-state index in [0.717, 1.165) is 0 Å². The van der Waals surface area contributed by atoms with Gasteiger partial charge in [-0.25, -0.2) is 8.78 Å². The molecule has 88 valence electrons. The number of hydrazone groups is 1. The lowest BCUT2D eigenvalue weighted by molar-refractivity contribution is 0.151. The van der Waals surface area contributed by atoms with Crippen molar-refractivity contribution in [2.24, 2.45) is 10.8 Å². The van der Waals surface area contributed by atoms with Gasteiger partial charge in [0.2, 0.25) is 5.71 Å². The summed E-state index contributed by atoms with van der Waals surface area (Å²) in [5.74, 6) is -0.468. The summed E-state index contributed by atoms with van der Waals surface area (Å²) in [5, 5.41) is 19.1. The first kappa shape index (κ1) is 12.6. The molecule has 0 aliphatic rings. The van der Waals surface area contributed by atoms with Crippen molar-refractivity contribution < 1.29 is 8.78 Å². The third kappa shape index (κ3) is 3.53. The van der Waals surface area contributed by atoms with Crippen LogP contribution < -0.4 is 11.2 Å². The van der Waals surface area contributed by atoms with Crippen LogP contribution in [0.5, 0.6) is 0 Å². The third-order valence-corrected chi connectivity index (χ3v) is 1.82. The standard InChI is InChI=1S/C10H9F2N5/c11-9(12)6-1-3-7(4-2-6)16-17-8(5-13)10(14)15/h1-4,9,16H,(H3,14,15)/b17-8+. The van der Waals surface area contributed by atoms with Crippen LogP contribution >= 0.6 is 0 Å². The number of rotatable bonds is 4. The molecule has 0 unspecified atom stereocenters. The van der Waals surface area contributed by atoms with Crippen molar-refractivity contribution in [1.29, 1.82) is 10.7 Å². The van der Waals surface area contributed by atoms with Crippen molar-refractivity contribution in [2.45, 2.75) is 6.43 Å². The molecule has 0 bridgehead atoms. The zero-order valence-electron chi connectivity index (χ0n) is 8.61. The lowest BCUT2D eigenvalue weighted by atomic mass is 10.2. The van der Waals surface area contributed by atoms with Crippen LogP contribution in [-0.2, 0) is 0 Å². The highest BCUT2D eigenvalue weighted by Gasteiger charge is 2.05. The molecule has 17 heavy (non-hydrogen) atoms. The summed E-state index contributed by atoms with van der Waals surface area (Å²) in [5.41, 5.74) is 7.55. The number of alkyl halides is 2. The van der Waals surface area contributed by atoms with Crippen molar-refractivity contribution in [1.82, 2.24) is 0 Å². The summed E-state index contributed by atoms with van der Waals surface area (Å²) >= 11 is 0. The number of hydrogen-bond donors (Lipinski definition) is 3. The lowest BCUT2D eigenvalue weighted by Gasteiger charge is -2.03. The molecule has 0 spiro atoms. The molecule has 0 aromatic heterocycles. The Bertz CT molecular complexity index is 472. The average molecular weight is 237 g/mol. The fourth-order valence-corrected chi connectivity index (χ4v) is 0.969. The van der Waals surface area contributed by atoms with Crippen molar-refractivity contribution in [2.75, 3.05) is 5.43 Å². The highest BCUT2D eigenvalue weighted by atomic mass is 19.3. The Morgan fingerprint density at radius 2 is 2.00 bits per heavy atom. The van der Waals surface area contributed by atoms with Crippen molar-refractivity contribution in [3.8, 4) is 6.07 Å². The number of hydrogen-bond acceptors (Lipinski definition) is 4. The highest BCUT2D eigenvalue weighted by molar-refractivity contribution is 6.45. The SMILES string of the molecule is N#C/C(=N\Nc1ccc(C(F)F)cc1)C(=N)N. The molecule has 0 heterocycles. The number of nitrogens with two attached hydrogens (primary N) is 1. The predicted molar refractivity (Wildman–Crippen MR) is 60.0 cm³/mol. The summed E-state index contributed by atoms with van der Waals surface area (Å²) in [6, 6.07) is 6.87. The van der Waals surface area contributed by atoms with E-state index < -0.39 is 12.3 Å². The first-order valence-corrected chi connectivity index (χ1v) is 4.51. The van der Waals surface area contributed by atoms with Crippen LogP contribution in [0.25, 0.3) is 0 Å². The van der Waals surface area contributed by atoms with Crippen molar-refractivity contribution in [3.05, 3.63) is 29.8 Å². The van der Waals surface area contributed by atoms with Crippen molar-refractivity contribution >= 4 is 17.2 Å². The van der Waals surface area contributed by atoms with Gasteiger partial charge in [-0.3, -0.25) is 10.8 Å². The second kappa shape index (κ2) is 5.55. The molecule has 1 aromatic rings. The van der Waals surface area contributed by atoms with Gasteiger partial charge in [0.1, 0.15) is 6.07 Å². The summed E-state index contributed by atoms with van der Waals surface area (Å²) in [6.45, 7) is 0. The number of anilines is 1. The molecule has 1 rings (SSSR count). The molecule has 5 nitrogen and oxygen atoms in total. The Kier molecular flexibility index (Phi) is 4.11. The zero-order chi connectivity index (χ0) is 12.8. The molecule has 0 radical (unpaired) electrons. The maximum Gasteiger partial charge on any atom is 0.263 e. The molecule has 0 saturated carbocycles. The van der Waals surface area contributed by atoms with E-state index in [1.807, 2.05) is 0 Å². The highest BCUT2D eigenvalue weighted by Crippen LogP contribution is 2.20. The molecule has 4 N–H and O–H groups in total. The predicted octanol–water partition coefficient (Wildman–Crippen LogP) is 1.85. The van der Waals surface area contributed by atoms with Crippen LogP contribution in [0.4, 0.5) is 14.5 Å². The number of halogens is 2. The van der Waals surface area contributed by atoms with E-state index in [-0.39, 0.29) is 11.3 Å². The molecule has 0 amide bonds. The van der Waals surface area contributed by atoms with E-state index in [4.69, 9.17) is 16.4 Å². The Labute approximate surface area is 96.1 Å². The molecule has 0 saturated heterocycles. The van der Waals surface area contributed by atoms with E-state index in [0.29, 0.717) is 5.69 Å². The van der Waals surface area contributed by atoms with Gasteiger partial charge in [-0.05, 0) is 12.1 Å². The Hall–Kier alpha value is -2.49. The average Bonchev–Trinajstić information content (AvgIpc) is 2.30. The minimum atomic E-state index is -2.53.